The maximum atomic E-state index is 13.2. The monoisotopic (exact) mass is 312 g/mol. The van der Waals surface area contributed by atoms with Crippen LogP contribution in [-0.2, 0) is 0 Å². The van der Waals surface area contributed by atoms with Crippen LogP contribution < -0.4 is 5.32 Å². The summed E-state index contributed by atoms with van der Waals surface area (Å²) in [5.41, 5.74) is 1.23. The molecule has 0 bridgehead atoms. The third-order valence-electron chi connectivity index (χ3n) is 3.11. The minimum Gasteiger partial charge on any atom is -0.386 e. The van der Waals surface area contributed by atoms with Crippen LogP contribution >= 0.6 is 11.5 Å². The van der Waals surface area contributed by atoms with E-state index < -0.39 is 23.8 Å². The Morgan fingerprint density at radius 2 is 2.10 bits per heavy atom. The van der Waals surface area contributed by atoms with Gasteiger partial charge >= 0.3 is 0 Å². The summed E-state index contributed by atoms with van der Waals surface area (Å²) >= 11 is 1.17. The fraction of sp³-hybridized carbons (Fsp3) is 0.286. The van der Waals surface area contributed by atoms with Crippen molar-refractivity contribution in [2.75, 3.05) is 0 Å². The highest BCUT2D eigenvalue weighted by Gasteiger charge is 2.21. The summed E-state index contributed by atoms with van der Waals surface area (Å²) in [6.45, 7) is 3.29. The van der Waals surface area contributed by atoms with Crippen molar-refractivity contribution in [1.29, 1.82) is 0 Å². The van der Waals surface area contributed by atoms with Crippen LogP contribution in [0.5, 0.6) is 0 Å². The number of aromatic nitrogens is 1. The fourth-order valence-corrected chi connectivity index (χ4v) is 2.55. The van der Waals surface area contributed by atoms with Gasteiger partial charge in [-0.3, -0.25) is 4.79 Å². The van der Waals surface area contributed by atoms with Crippen molar-refractivity contribution in [3.05, 3.63) is 52.0 Å². The van der Waals surface area contributed by atoms with E-state index in [9.17, 15) is 18.7 Å². The zero-order valence-electron chi connectivity index (χ0n) is 11.4. The summed E-state index contributed by atoms with van der Waals surface area (Å²) in [5, 5.41) is 14.3. The van der Waals surface area contributed by atoms with Gasteiger partial charge in [-0.25, -0.2) is 8.78 Å². The number of carbonyl (C=O) groups is 1. The normalized spacial score (nSPS) is 13.8. The highest BCUT2D eigenvalue weighted by molar-refractivity contribution is 7.03. The fourth-order valence-electron chi connectivity index (χ4n) is 1.86. The molecule has 2 unspecified atom stereocenters. The van der Waals surface area contributed by atoms with Crippen LogP contribution in [0.25, 0.3) is 0 Å². The van der Waals surface area contributed by atoms with Gasteiger partial charge in [-0.2, -0.15) is 4.37 Å². The second kappa shape index (κ2) is 6.28. The molecule has 4 nitrogen and oxygen atoms in total. The molecule has 1 aromatic carbocycles. The first kappa shape index (κ1) is 15.5. The molecule has 112 valence electrons. The number of aliphatic hydroxyl groups excluding tert-OH is 1. The molecule has 0 aliphatic rings. The Labute approximate surface area is 124 Å². The number of benzene rings is 1. The Kier molecular flexibility index (Phi) is 4.64. The van der Waals surface area contributed by atoms with Crippen LogP contribution in [0.4, 0.5) is 8.78 Å². The molecular weight excluding hydrogens is 298 g/mol. The summed E-state index contributed by atoms with van der Waals surface area (Å²) in [6, 6.07) is 2.47. The van der Waals surface area contributed by atoms with Gasteiger partial charge in [0.05, 0.1) is 23.4 Å². The van der Waals surface area contributed by atoms with Crippen molar-refractivity contribution >= 4 is 17.4 Å². The highest BCUT2D eigenvalue weighted by Crippen LogP contribution is 2.20. The molecule has 2 atom stereocenters. The largest absolute Gasteiger partial charge is 0.386 e. The standard InChI is InChI=1S/C14H14F2N2O2S/c1-7-10(6-21-18-7)14(20)17-8(2)13(19)9-3-4-11(15)12(16)5-9/h3-6,8,13,19H,1-2H3,(H,17,20). The molecular formula is C14H14F2N2O2S. The molecule has 7 heteroatoms. The molecule has 0 saturated carbocycles. The number of rotatable bonds is 4. The summed E-state index contributed by atoms with van der Waals surface area (Å²) in [7, 11) is 0. The maximum absolute atomic E-state index is 13.2. The van der Waals surface area contributed by atoms with E-state index in [1.165, 1.54) is 17.6 Å². The summed E-state index contributed by atoms with van der Waals surface area (Å²) in [6.07, 6.45) is -1.14. The lowest BCUT2D eigenvalue weighted by molar-refractivity contribution is 0.0851. The van der Waals surface area contributed by atoms with E-state index in [2.05, 4.69) is 9.69 Å². The molecule has 21 heavy (non-hydrogen) atoms. The van der Waals surface area contributed by atoms with Gasteiger partial charge < -0.3 is 10.4 Å². The predicted octanol–water partition coefficient (Wildman–Crippen LogP) is 2.58. The lowest BCUT2D eigenvalue weighted by atomic mass is 10.0. The number of amides is 1. The first-order valence-electron chi connectivity index (χ1n) is 6.25. The Balaban J connectivity index is 2.09. The van der Waals surface area contributed by atoms with Gasteiger partial charge in [-0.1, -0.05) is 6.07 Å². The van der Waals surface area contributed by atoms with Crippen LogP contribution in [0, 0.1) is 18.6 Å². The number of hydrogen-bond donors (Lipinski definition) is 2. The van der Waals surface area contributed by atoms with Gasteiger partial charge in [-0.05, 0) is 43.1 Å². The average molecular weight is 312 g/mol. The minimum atomic E-state index is -1.14. The zero-order valence-corrected chi connectivity index (χ0v) is 12.2. The van der Waals surface area contributed by atoms with Gasteiger partial charge in [-0.15, -0.1) is 0 Å². The third kappa shape index (κ3) is 3.43. The summed E-state index contributed by atoms with van der Waals surface area (Å²) < 4.78 is 30.0. The number of nitrogens with zero attached hydrogens (tertiary/aromatic N) is 1. The Hall–Kier alpha value is -1.86. The molecule has 0 saturated heterocycles. The molecule has 1 amide bonds. The van der Waals surface area contributed by atoms with Crippen LogP contribution in [0.3, 0.4) is 0 Å². The maximum Gasteiger partial charge on any atom is 0.254 e. The van der Waals surface area contributed by atoms with E-state index in [4.69, 9.17) is 0 Å². The van der Waals surface area contributed by atoms with E-state index in [1.807, 2.05) is 0 Å². The first-order valence-corrected chi connectivity index (χ1v) is 7.08. The molecule has 0 aliphatic carbocycles. The Bertz CT molecular complexity index is 660. The van der Waals surface area contributed by atoms with E-state index in [0.717, 1.165) is 12.1 Å². The Morgan fingerprint density at radius 1 is 1.38 bits per heavy atom. The minimum absolute atomic E-state index is 0.196. The molecule has 2 N–H and O–H groups in total. The van der Waals surface area contributed by atoms with Gasteiger partial charge in [0.25, 0.3) is 5.91 Å². The van der Waals surface area contributed by atoms with Crippen LogP contribution in [0.15, 0.2) is 23.6 Å². The van der Waals surface area contributed by atoms with E-state index in [0.29, 0.717) is 11.3 Å². The van der Waals surface area contributed by atoms with Gasteiger partial charge in [0.1, 0.15) is 0 Å². The van der Waals surface area contributed by atoms with Crippen molar-refractivity contribution in [2.45, 2.75) is 26.0 Å². The number of hydrogen-bond acceptors (Lipinski definition) is 4. The van der Waals surface area contributed by atoms with Gasteiger partial charge in [0, 0.05) is 5.38 Å². The quantitative estimate of drug-likeness (QED) is 0.912. The number of aryl methyl sites for hydroxylation is 1. The number of halogens is 2. The van der Waals surface area contributed by atoms with Crippen molar-refractivity contribution in [3.8, 4) is 0 Å². The second-order valence-corrected chi connectivity index (χ2v) is 5.32. The van der Waals surface area contributed by atoms with Gasteiger partial charge in [0.2, 0.25) is 0 Å². The summed E-state index contributed by atoms with van der Waals surface area (Å²) in [5.74, 6) is -2.39. The number of carbonyl (C=O) groups excluding carboxylic acids is 1. The molecule has 0 radical (unpaired) electrons. The Morgan fingerprint density at radius 3 is 2.67 bits per heavy atom. The molecule has 0 aliphatic heterocycles. The van der Waals surface area contributed by atoms with E-state index >= 15 is 0 Å². The van der Waals surface area contributed by atoms with Crippen molar-refractivity contribution in [3.63, 3.8) is 0 Å². The molecule has 2 rings (SSSR count). The second-order valence-electron chi connectivity index (χ2n) is 4.69. The lowest BCUT2D eigenvalue weighted by Gasteiger charge is -2.20. The van der Waals surface area contributed by atoms with Crippen molar-refractivity contribution < 1.29 is 18.7 Å². The predicted molar refractivity (Wildman–Crippen MR) is 75.1 cm³/mol. The van der Waals surface area contributed by atoms with Crippen LogP contribution in [0.2, 0.25) is 0 Å². The highest BCUT2D eigenvalue weighted by atomic mass is 32.1. The SMILES string of the molecule is Cc1nscc1C(=O)NC(C)C(O)c1ccc(F)c(F)c1. The summed E-state index contributed by atoms with van der Waals surface area (Å²) in [4.78, 5) is 12.0. The topological polar surface area (TPSA) is 62.2 Å². The lowest BCUT2D eigenvalue weighted by Crippen LogP contribution is -2.37. The molecule has 0 spiro atoms. The third-order valence-corrected chi connectivity index (χ3v) is 3.83. The van der Waals surface area contributed by atoms with Crippen molar-refractivity contribution in [1.82, 2.24) is 9.69 Å². The molecule has 2 aromatic rings. The average Bonchev–Trinajstić information content (AvgIpc) is 2.87. The van der Waals surface area contributed by atoms with E-state index in [-0.39, 0.29) is 11.5 Å². The molecule has 0 fully saturated rings. The molecule has 1 aromatic heterocycles. The molecule has 1 heterocycles. The zero-order chi connectivity index (χ0) is 15.6. The van der Waals surface area contributed by atoms with Gasteiger partial charge in [0.15, 0.2) is 11.6 Å². The van der Waals surface area contributed by atoms with Crippen LogP contribution in [0.1, 0.15) is 34.6 Å². The first-order chi connectivity index (χ1) is 9.90. The van der Waals surface area contributed by atoms with Crippen molar-refractivity contribution in [2.24, 2.45) is 0 Å². The number of nitrogens with one attached hydrogen (secondary N) is 1. The van der Waals surface area contributed by atoms with E-state index in [1.54, 1.807) is 19.2 Å². The van der Waals surface area contributed by atoms with Crippen LogP contribution in [-0.4, -0.2) is 21.4 Å². The number of aliphatic hydroxyl groups is 1. The smallest absolute Gasteiger partial charge is 0.254 e.